The number of halogens is 1. The normalized spacial score (nSPS) is 12.7. The fourth-order valence-electron chi connectivity index (χ4n) is 1.42. The minimum atomic E-state index is -0.623. The lowest BCUT2D eigenvalue weighted by Crippen LogP contribution is -2.00. The molecule has 0 fully saturated rings. The van der Waals surface area contributed by atoms with Crippen LogP contribution in [0.3, 0.4) is 0 Å². The van der Waals surface area contributed by atoms with E-state index in [-0.39, 0.29) is 0 Å². The van der Waals surface area contributed by atoms with E-state index < -0.39 is 6.10 Å². The highest BCUT2D eigenvalue weighted by Gasteiger charge is 2.15. The maximum Gasteiger partial charge on any atom is 0.131 e. The summed E-state index contributed by atoms with van der Waals surface area (Å²) in [5.41, 5.74) is 2.00. The number of hydrogen-bond donors (Lipinski definition) is 1. The van der Waals surface area contributed by atoms with Crippen LogP contribution in [-0.4, -0.2) is 10.1 Å². The highest BCUT2D eigenvalue weighted by Crippen LogP contribution is 2.28. The summed E-state index contributed by atoms with van der Waals surface area (Å²) in [7, 11) is 0. The number of nitrogens with zero attached hydrogens (tertiary/aromatic N) is 1. The van der Waals surface area contributed by atoms with Crippen molar-refractivity contribution < 1.29 is 5.11 Å². The van der Waals surface area contributed by atoms with Crippen LogP contribution in [0, 0.1) is 6.92 Å². The molecule has 2 nitrogen and oxygen atoms in total. The summed E-state index contributed by atoms with van der Waals surface area (Å²) in [6.07, 6.45) is -0.623. The minimum absolute atomic E-state index is 0.623. The third-order valence-corrected chi connectivity index (χ3v) is 3.82. The Morgan fingerprint density at radius 1 is 1.40 bits per heavy atom. The monoisotopic (exact) mass is 283 g/mol. The largest absolute Gasteiger partial charge is 0.381 e. The second-order valence-electron chi connectivity index (χ2n) is 3.27. The highest BCUT2D eigenvalue weighted by molar-refractivity contribution is 9.10. The van der Waals surface area contributed by atoms with Gasteiger partial charge in [0.15, 0.2) is 0 Å². The quantitative estimate of drug-likeness (QED) is 0.918. The van der Waals surface area contributed by atoms with E-state index in [1.54, 1.807) is 0 Å². The molecule has 0 bridgehead atoms. The zero-order valence-electron chi connectivity index (χ0n) is 8.14. The van der Waals surface area contributed by atoms with Gasteiger partial charge in [0.1, 0.15) is 15.7 Å². The number of aryl methyl sites for hydroxylation is 1. The van der Waals surface area contributed by atoms with Crippen molar-refractivity contribution in [1.29, 1.82) is 0 Å². The first kappa shape index (κ1) is 10.8. The Morgan fingerprint density at radius 3 is 2.73 bits per heavy atom. The molecule has 0 radical (unpaired) electrons. The van der Waals surface area contributed by atoms with Gasteiger partial charge in [-0.15, -0.1) is 11.3 Å². The van der Waals surface area contributed by atoms with Crippen LogP contribution in [0.5, 0.6) is 0 Å². The fraction of sp³-hybridized carbons (Fsp3) is 0.182. The molecular formula is C11H10BrNOS. The fourth-order valence-corrected chi connectivity index (χ4v) is 2.69. The van der Waals surface area contributed by atoms with E-state index in [1.807, 2.05) is 36.6 Å². The van der Waals surface area contributed by atoms with E-state index >= 15 is 0 Å². The van der Waals surface area contributed by atoms with Gasteiger partial charge < -0.3 is 5.11 Å². The molecule has 4 heteroatoms. The predicted molar refractivity (Wildman–Crippen MR) is 65.1 cm³/mol. The summed E-state index contributed by atoms with van der Waals surface area (Å²) >= 11 is 4.73. The minimum Gasteiger partial charge on any atom is -0.381 e. The third-order valence-electron chi connectivity index (χ3n) is 2.21. The van der Waals surface area contributed by atoms with Crippen LogP contribution in [0.2, 0.25) is 0 Å². The van der Waals surface area contributed by atoms with Gasteiger partial charge in [0.05, 0.1) is 0 Å². The van der Waals surface area contributed by atoms with Gasteiger partial charge in [-0.2, -0.15) is 0 Å². The number of aromatic nitrogens is 1. The third kappa shape index (κ3) is 2.27. The number of hydrogen-bond acceptors (Lipinski definition) is 3. The molecule has 15 heavy (non-hydrogen) atoms. The molecular weight excluding hydrogens is 274 g/mol. The molecule has 0 amide bonds. The lowest BCUT2D eigenvalue weighted by molar-refractivity contribution is 0.219. The Bertz CT molecular complexity index is 469. The summed E-state index contributed by atoms with van der Waals surface area (Å²) in [6, 6.07) is 7.80. The number of aliphatic hydroxyl groups is 1. The molecule has 2 aromatic rings. The van der Waals surface area contributed by atoms with E-state index in [0.29, 0.717) is 0 Å². The highest BCUT2D eigenvalue weighted by atomic mass is 79.9. The van der Waals surface area contributed by atoms with Crippen LogP contribution in [-0.2, 0) is 0 Å². The molecule has 1 atom stereocenters. The first-order valence-electron chi connectivity index (χ1n) is 4.53. The number of benzene rings is 1. The first-order valence-corrected chi connectivity index (χ1v) is 6.20. The number of thiazole rings is 1. The topological polar surface area (TPSA) is 33.1 Å². The number of aliphatic hydroxyl groups excluding tert-OH is 1. The lowest BCUT2D eigenvalue weighted by atomic mass is 10.0. The Kier molecular flexibility index (Phi) is 3.19. The first-order chi connectivity index (χ1) is 7.18. The van der Waals surface area contributed by atoms with Gasteiger partial charge in [0.2, 0.25) is 0 Å². The molecule has 1 aromatic heterocycles. The molecule has 1 unspecified atom stereocenters. The van der Waals surface area contributed by atoms with Crippen molar-refractivity contribution >= 4 is 27.3 Å². The molecule has 0 saturated heterocycles. The Labute approximate surface area is 101 Å². The van der Waals surface area contributed by atoms with Gasteiger partial charge in [0, 0.05) is 5.38 Å². The van der Waals surface area contributed by atoms with Crippen molar-refractivity contribution in [3.05, 3.63) is 50.4 Å². The maximum atomic E-state index is 10.1. The van der Waals surface area contributed by atoms with E-state index in [1.165, 1.54) is 11.3 Å². The van der Waals surface area contributed by atoms with Crippen LogP contribution in [0.15, 0.2) is 34.2 Å². The average Bonchev–Trinajstić information content (AvgIpc) is 2.65. The van der Waals surface area contributed by atoms with E-state index in [0.717, 1.165) is 20.7 Å². The van der Waals surface area contributed by atoms with E-state index in [9.17, 15) is 5.11 Å². The van der Waals surface area contributed by atoms with Crippen molar-refractivity contribution in [3.63, 3.8) is 0 Å². The van der Waals surface area contributed by atoms with Crippen LogP contribution in [0.4, 0.5) is 0 Å². The second kappa shape index (κ2) is 4.43. The molecule has 0 aliphatic heterocycles. The molecule has 78 valence electrons. The van der Waals surface area contributed by atoms with Crippen molar-refractivity contribution in [2.24, 2.45) is 0 Å². The van der Waals surface area contributed by atoms with Crippen LogP contribution >= 0.6 is 27.3 Å². The van der Waals surface area contributed by atoms with Gasteiger partial charge in [-0.25, -0.2) is 4.98 Å². The molecule has 0 saturated carbocycles. The van der Waals surface area contributed by atoms with Crippen molar-refractivity contribution in [3.8, 4) is 0 Å². The maximum absolute atomic E-state index is 10.1. The van der Waals surface area contributed by atoms with Crippen molar-refractivity contribution in [2.75, 3.05) is 0 Å². The lowest BCUT2D eigenvalue weighted by Gasteiger charge is -2.10. The van der Waals surface area contributed by atoms with Gasteiger partial charge in [-0.1, -0.05) is 24.3 Å². The summed E-state index contributed by atoms with van der Waals surface area (Å²) in [5, 5.41) is 12.7. The zero-order valence-corrected chi connectivity index (χ0v) is 10.5. The van der Waals surface area contributed by atoms with Crippen LogP contribution < -0.4 is 0 Å². The second-order valence-corrected chi connectivity index (χ2v) is 4.97. The zero-order chi connectivity index (χ0) is 10.8. The van der Waals surface area contributed by atoms with Crippen LogP contribution in [0.1, 0.15) is 22.2 Å². The van der Waals surface area contributed by atoms with Gasteiger partial charge in [0.25, 0.3) is 0 Å². The van der Waals surface area contributed by atoms with Gasteiger partial charge in [-0.3, -0.25) is 0 Å². The Morgan fingerprint density at radius 2 is 2.13 bits per heavy atom. The molecule has 0 aliphatic rings. The molecule has 0 aliphatic carbocycles. The van der Waals surface area contributed by atoms with Crippen LogP contribution in [0.25, 0.3) is 0 Å². The Balaban J connectivity index is 2.36. The molecule has 1 heterocycles. The van der Waals surface area contributed by atoms with Crippen molar-refractivity contribution in [1.82, 2.24) is 4.98 Å². The molecule has 2 rings (SSSR count). The summed E-state index contributed by atoms with van der Waals surface area (Å²) in [5.74, 6) is 0. The standard InChI is InChI=1S/C11H10BrNOS/c1-7-4-2-3-5-8(7)10(14)11-13-9(12)6-15-11/h2-6,10,14H,1H3. The van der Waals surface area contributed by atoms with Gasteiger partial charge in [-0.05, 0) is 34.0 Å². The number of rotatable bonds is 2. The summed E-state index contributed by atoms with van der Waals surface area (Å²) in [4.78, 5) is 4.21. The van der Waals surface area contributed by atoms with Gasteiger partial charge >= 0.3 is 0 Å². The van der Waals surface area contributed by atoms with Crippen molar-refractivity contribution in [2.45, 2.75) is 13.0 Å². The molecule has 0 spiro atoms. The molecule has 1 N–H and O–H groups in total. The van der Waals surface area contributed by atoms with E-state index in [2.05, 4.69) is 20.9 Å². The molecule has 1 aromatic carbocycles. The SMILES string of the molecule is Cc1ccccc1C(O)c1nc(Br)cs1. The predicted octanol–water partition coefficient (Wildman–Crippen LogP) is 3.30. The smallest absolute Gasteiger partial charge is 0.131 e. The Hall–Kier alpha value is -0.710. The van der Waals surface area contributed by atoms with E-state index in [4.69, 9.17) is 0 Å². The average molecular weight is 284 g/mol. The summed E-state index contributed by atoms with van der Waals surface area (Å²) in [6.45, 7) is 1.99. The summed E-state index contributed by atoms with van der Waals surface area (Å²) < 4.78 is 0.773.